The summed E-state index contributed by atoms with van der Waals surface area (Å²) >= 11 is 6.36. The maximum Gasteiger partial charge on any atom is 0.319 e. The van der Waals surface area contributed by atoms with Gasteiger partial charge in [0.15, 0.2) is 11.5 Å². The van der Waals surface area contributed by atoms with E-state index < -0.39 is 0 Å². The summed E-state index contributed by atoms with van der Waals surface area (Å²) in [6, 6.07) is 10.8. The van der Waals surface area contributed by atoms with Gasteiger partial charge in [-0.1, -0.05) is 29.3 Å². The maximum atomic E-state index is 13.1. The van der Waals surface area contributed by atoms with E-state index in [2.05, 4.69) is 10.6 Å². The number of urea groups is 1. The largest absolute Gasteiger partial charge is 0.489 e. The number of rotatable bonds is 4. The van der Waals surface area contributed by atoms with Crippen molar-refractivity contribution in [3.05, 3.63) is 52.5 Å². The third-order valence-electron chi connectivity index (χ3n) is 5.72. The van der Waals surface area contributed by atoms with Crippen LogP contribution in [0.1, 0.15) is 35.2 Å². The Balaban J connectivity index is 1.34. The van der Waals surface area contributed by atoms with Gasteiger partial charge in [0.1, 0.15) is 0 Å². The van der Waals surface area contributed by atoms with E-state index >= 15 is 0 Å². The number of hydrogen-bond acceptors (Lipinski definition) is 4. The van der Waals surface area contributed by atoms with Gasteiger partial charge in [0.2, 0.25) is 0 Å². The van der Waals surface area contributed by atoms with Crippen molar-refractivity contribution >= 4 is 29.2 Å². The zero-order valence-corrected chi connectivity index (χ0v) is 18.9. The number of carbonyl (C=O) groups is 2. The van der Waals surface area contributed by atoms with Crippen molar-refractivity contribution < 1.29 is 19.1 Å². The van der Waals surface area contributed by atoms with Crippen LogP contribution >= 0.6 is 11.6 Å². The van der Waals surface area contributed by atoms with E-state index in [-0.39, 0.29) is 17.9 Å². The number of likely N-dealkylation sites (tertiary alicyclic amines) is 1. The zero-order valence-electron chi connectivity index (χ0n) is 18.2. The first-order valence-electron chi connectivity index (χ1n) is 11.0. The molecule has 2 aromatic carbocycles. The Hall–Kier alpha value is -2.93. The lowest BCUT2D eigenvalue weighted by Crippen LogP contribution is -2.44. The highest BCUT2D eigenvalue weighted by Crippen LogP contribution is 2.38. The molecule has 4 rings (SSSR count). The topological polar surface area (TPSA) is 79.9 Å². The van der Waals surface area contributed by atoms with Gasteiger partial charge in [-0.25, -0.2) is 4.79 Å². The molecule has 1 fully saturated rings. The highest BCUT2D eigenvalue weighted by atomic mass is 35.5. The summed E-state index contributed by atoms with van der Waals surface area (Å²) in [6.07, 6.45) is 2.61. The number of amides is 3. The summed E-state index contributed by atoms with van der Waals surface area (Å²) in [7, 11) is 0. The molecule has 32 heavy (non-hydrogen) atoms. The van der Waals surface area contributed by atoms with Crippen molar-refractivity contribution in [2.75, 3.05) is 38.2 Å². The Morgan fingerprint density at radius 2 is 1.91 bits per heavy atom. The number of nitrogens with one attached hydrogen (secondary N) is 2. The summed E-state index contributed by atoms with van der Waals surface area (Å²) < 4.78 is 11.4. The van der Waals surface area contributed by atoms with E-state index in [1.807, 2.05) is 36.1 Å². The zero-order chi connectivity index (χ0) is 22.5. The molecule has 0 spiro atoms. The highest BCUT2D eigenvalue weighted by molar-refractivity contribution is 6.32. The normalized spacial score (nSPS) is 17.9. The number of benzene rings is 2. The van der Waals surface area contributed by atoms with Crippen LogP contribution in [0.3, 0.4) is 0 Å². The van der Waals surface area contributed by atoms with E-state index in [4.69, 9.17) is 21.1 Å². The highest BCUT2D eigenvalue weighted by Gasteiger charge is 2.27. The van der Waals surface area contributed by atoms with Gasteiger partial charge >= 0.3 is 6.03 Å². The Morgan fingerprint density at radius 1 is 1.12 bits per heavy atom. The van der Waals surface area contributed by atoms with Crippen molar-refractivity contribution in [3.63, 3.8) is 0 Å². The number of nitrogens with zero attached hydrogens (tertiary/aromatic N) is 1. The lowest BCUT2D eigenvalue weighted by molar-refractivity contribution is 0.0674. The first-order chi connectivity index (χ1) is 15.5. The van der Waals surface area contributed by atoms with Crippen LogP contribution in [0.5, 0.6) is 11.5 Å². The van der Waals surface area contributed by atoms with Gasteiger partial charge in [-0.05, 0) is 49.9 Å². The molecule has 2 aliphatic heterocycles. The third kappa shape index (κ3) is 5.46. The number of carbonyl (C=O) groups excluding carboxylic acids is 2. The molecular weight excluding hydrogens is 430 g/mol. The van der Waals surface area contributed by atoms with Gasteiger partial charge in [-0.2, -0.15) is 0 Å². The van der Waals surface area contributed by atoms with Crippen LogP contribution in [0.4, 0.5) is 10.5 Å². The second-order valence-corrected chi connectivity index (χ2v) is 8.70. The number of anilines is 1. The van der Waals surface area contributed by atoms with Crippen LogP contribution < -0.4 is 20.1 Å². The molecule has 2 aliphatic rings. The Kier molecular flexibility index (Phi) is 7.05. The van der Waals surface area contributed by atoms with Crippen molar-refractivity contribution in [1.29, 1.82) is 0 Å². The molecule has 0 bridgehead atoms. The SMILES string of the molecule is Cc1ccc(NC(=O)NCC2CCCN(C(=O)c3cc(Cl)c4c(c3)OCCCO4)C2)cc1. The molecule has 1 atom stereocenters. The molecule has 0 aromatic heterocycles. The molecule has 0 aliphatic carbocycles. The number of ether oxygens (including phenoxy) is 2. The van der Waals surface area contributed by atoms with Gasteiger partial charge in [0, 0.05) is 37.3 Å². The second-order valence-electron chi connectivity index (χ2n) is 8.30. The Bertz CT molecular complexity index is 980. The molecule has 2 heterocycles. The molecule has 0 saturated carbocycles. The van der Waals surface area contributed by atoms with E-state index in [9.17, 15) is 9.59 Å². The quantitative estimate of drug-likeness (QED) is 0.709. The van der Waals surface area contributed by atoms with Gasteiger partial charge in [-0.15, -0.1) is 0 Å². The molecule has 2 N–H and O–H groups in total. The number of aryl methyl sites for hydroxylation is 1. The molecule has 2 aromatic rings. The van der Waals surface area contributed by atoms with Crippen LogP contribution in [0, 0.1) is 12.8 Å². The van der Waals surface area contributed by atoms with Gasteiger partial charge in [-0.3, -0.25) is 4.79 Å². The molecular formula is C24H28ClN3O4. The summed E-state index contributed by atoms with van der Waals surface area (Å²) in [6.45, 7) is 4.83. The monoisotopic (exact) mass is 457 g/mol. The summed E-state index contributed by atoms with van der Waals surface area (Å²) in [4.78, 5) is 27.2. The maximum absolute atomic E-state index is 13.1. The number of piperidine rings is 1. The average molecular weight is 458 g/mol. The first-order valence-corrected chi connectivity index (χ1v) is 11.4. The number of fused-ring (bicyclic) bond motifs is 1. The van der Waals surface area contributed by atoms with Crippen molar-refractivity contribution in [3.8, 4) is 11.5 Å². The summed E-state index contributed by atoms with van der Waals surface area (Å²) in [5, 5.41) is 6.15. The van der Waals surface area contributed by atoms with Gasteiger partial charge in [0.25, 0.3) is 5.91 Å². The molecule has 3 amide bonds. The Morgan fingerprint density at radius 3 is 2.72 bits per heavy atom. The van der Waals surface area contributed by atoms with Crippen molar-refractivity contribution in [2.45, 2.75) is 26.2 Å². The molecule has 1 unspecified atom stereocenters. The van der Waals surface area contributed by atoms with E-state index in [1.54, 1.807) is 12.1 Å². The molecule has 0 radical (unpaired) electrons. The van der Waals surface area contributed by atoms with E-state index in [0.29, 0.717) is 54.9 Å². The van der Waals surface area contributed by atoms with Gasteiger partial charge < -0.3 is 25.0 Å². The molecule has 8 heteroatoms. The standard InChI is InChI=1S/C24H28ClN3O4/c1-16-5-7-19(8-6-16)27-24(30)26-14-17-4-2-9-28(15-17)23(29)18-12-20(25)22-21(13-18)31-10-3-11-32-22/h5-8,12-13,17H,2-4,9-11,14-15H2,1H3,(H2,26,27,30). The predicted molar refractivity (Wildman–Crippen MR) is 124 cm³/mol. The van der Waals surface area contributed by atoms with Crippen LogP contribution in [0.25, 0.3) is 0 Å². The predicted octanol–water partition coefficient (Wildman–Crippen LogP) is 4.48. The van der Waals surface area contributed by atoms with Crippen LogP contribution in [-0.4, -0.2) is 49.7 Å². The first kappa shape index (κ1) is 22.3. The fraction of sp³-hybridized carbons (Fsp3) is 0.417. The molecule has 1 saturated heterocycles. The summed E-state index contributed by atoms with van der Waals surface area (Å²) in [5.41, 5.74) is 2.38. The minimum atomic E-state index is -0.244. The van der Waals surface area contributed by atoms with Gasteiger partial charge in [0.05, 0.1) is 18.2 Å². The Labute approximate surface area is 193 Å². The lowest BCUT2D eigenvalue weighted by Gasteiger charge is -2.33. The summed E-state index contributed by atoms with van der Waals surface area (Å²) in [5.74, 6) is 1.12. The molecule has 170 valence electrons. The average Bonchev–Trinajstić information content (AvgIpc) is 3.05. The van der Waals surface area contributed by atoms with Crippen LogP contribution in [0.15, 0.2) is 36.4 Å². The minimum Gasteiger partial charge on any atom is -0.489 e. The van der Waals surface area contributed by atoms with Crippen molar-refractivity contribution in [2.24, 2.45) is 5.92 Å². The fourth-order valence-corrected chi connectivity index (χ4v) is 4.27. The fourth-order valence-electron chi connectivity index (χ4n) is 4.00. The van der Waals surface area contributed by atoms with Crippen LogP contribution in [-0.2, 0) is 0 Å². The smallest absolute Gasteiger partial charge is 0.319 e. The third-order valence-corrected chi connectivity index (χ3v) is 6.00. The van der Waals surface area contributed by atoms with E-state index in [1.165, 1.54) is 0 Å². The minimum absolute atomic E-state index is 0.0867. The number of halogens is 1. The van der Waals surface area contributed by atoms with Crippen molar-refractivity contribution in [1.82, 2.24) is 10.2 Å². The number of hydrogen-bond donors (Lipinski definition) is 2. The van der Waals surface area contributed by atoms with E-state index in [0.717, 1.165) is 30.5 Å². The second kappa shape index (κ2) is 10.1. The lowest BCUT2D eigenvalue weighted by atomic mass is 9.97. The van der Waals surface area contributed by atoms with Crippen LogP contribution in [0.2, 0.25) is 5.02 Å². The molecule has 7 nitrogen and oxygen atoms in total.